The molecule has 0 saturated carbocycles. The number of benzene rings is 2. The number of hydrogen-bond acceptors (Lipinski definition) is 15. The Morgan fingerprint density at radius 1 is 0.791 bits per heavy atom. The van der Waals surface area contributed by atoms with E-state index in [1.54, 1.807) is 6.07 Å². The summed E-state index contributed by atoms with van der Waals surface area (Å²) in [7, 11) is 1.38. The van der Waals surface area contributed by atoms with Gasteiger partial charge in [0.05, 0.1) is 19.8 Å². The van der Waals surface area contributed by atoms with Crippen molar-refractivity contribution >= 4 is 11.0 Å². The second-order valence-electron chi connectivity index (χ2n) is 10.3. The van der Waals surface area contributed by atoms with Crippen LogP contribution in [0.1, 0.15) is 6.92 Å². The number of aliphatic hydroxyl groups is 6. The highest BCUT2D eigenvalue weighted by molar-refractivity contribution is 5.86. The lowest BCUT2D eigenvalue weighted by Crippen LogP contribution is -2.61. The van der Waals surface area contributed by atoms with E-state index < -0.39 is 79.2 Å². The molecule has 5 rings (SSSR count). The molecule has 234 valence electrons. The first-order valence-corrected chi connectivity index (χ1v) is 13.3. The van der Waals surface area contributed by atoms with Crippen LogP contribution in [-0.4, -0.2) is 116 Å². The minimum Gasteiger partial charge on any atom is -0.507 e. The van der Waals surface area contributed by atoms with E-state index in [2.05, 4.69) is 0 Å². The number of aliphatic hydroxyl groups excluding tert-OH is 6. The fourth-order valence-corrected chi connectivity index (χ4v) is 4.92. The van der Waals surface area contributed by atoms with Crippen molar-refractivity contribution in [2.75, 3.05) is 13.7 Å². The number of fused-ring (bicyclic) bond motifs is 1. The molecular weight excluding hydrogens is 576 g/mol. The van der Waals surface area contributed by atoms with Gasteiger partial charge < -0.3 is 69.0 Å². The maximum atomic E-state index is 12.8. The molecule has 0 radical (unpaired) electrons. The van der Waals surface area contributed by atoms with Gasteiger partial charge in [0.2, 0.25) is 6.29 Å². The van der Waals surface area contributed by atoms with Crippen molar-refractivity contribution in [2.45, 2.75) is 68.3 Å². The van der Waals surface area contributed by atoms with Crippen LogP contribution >= 0.6 is 0 Å². The van der Waals surface area contributed by atoms with Gasteiger partial charge in [-0.1, -0.05) is 0 Å². The van der Waals surface area contributed by atoms with Gasteiger partial charge in [0.25, 0.3) is 0 Å². The van der Waals surface area contributed by atoms with Crippen LogP contribution in [0.2, 0.25) is 0 Å². The van der Waals surface area contributed by atoms with Gasteiger partial charge >= 0.3 is 0 Å². The summed E-state index contributed by atoms with van der Waals surface area (Å²) in [5.74, 6) is -0.605. The summed E-state index contributed by atoms with van der Waals surface area (Å²) in [6.45, 7) is 0.953. The summed E-state index contributed by atoms with van der Waals surface area (Å²) >= 11 is 0. The lowest BCUT2D eigenvalue weighted by Gasteiger charge is -2.42. The molecule has 2 aliphatic rings. The highest BCUT2D eigenvalue weighted by atomic mass is 16.7. The maximum Gasteiger partial charge on any atom is 0.229 e. The molecule has 10 atom stereocenters. The van der Waals surface area contributed by atoms with E-state index in [1.807, 2.05) is 0 Å². The van der Waals surface area contributed by atoms with Gasteiger partial charge in [0.15, 0.2) is 23.2 Å². The molecule has 0 amide bonds. The molecule has 0 spiro atoms. The monoisotopic (exact) mass is 608 g/mol. The average molecular weight is 609 g/mol. The van der Waals surface area contributed by atoms with Crippen molar-refractivity contribution in [1.82, 2.24) is 0 Å². The summed E-state index contributed by atoms with van der Waals surface area (Å²) in [5.41, 5.74) is -0.381. The fourth-order valence-electron chi connectivity index (χ4n) is 4.92. The Balaban J connectivity index is 1.36. The molecular formula is C28H32O15. The van der Waals surface area contributed by atoms with Crippen LogP contribution in [-0.2, 0) is 14.2 Å². The first-order valence-electron chi connectivity index (χ1n) is 13.3. The Labute approximate surface area is 243 Å². The third-order valence-electron chi connectivity index (χ3n) is 7.40. The second-order valence-corrected chi connectivity index (χ2v) is 10.3. The Hall–Kier alpha value is -3.51. The van der Waals surface area contributed by atoms with E-state index in [0.29, 0.717) is 5.56 Å². The van der Waals surface area contributed by atoms with Crippen molar-refractivity contribution in [3.8, 4) is 34.3 Å². The van der Waals surface area contributed by atoms with E-state index in [9.17, 15) is 45.6 Å². The number of phenolic OH excluding ortho intramolecular Hbond substituents is 2. The van der Waals surface area contributed by atoms with Crippen molar-refractivity contribution < 1.29 is 69.0 Å². The smallest absolute Gasteiger partial charge is 0.229 e. The number of methoxy groups -OCH3 is 1. The van der Waals surface area contributed by atoms with Crippen molar-refractivity contribution in [2.24, 2.45) is 0 Å². The quantitative estimate of drug-likeness (QED) is 0.159. The molecule has 1 aromatic heterocycles. The van der Waals surface area contributed by atoms with Crippen LogP contribution in [0.25, 0.3) is 22.3 Å². The van der Waals surface area contributed by atoms with Crippen LogP contribution in [0.15, 0.2) is 45.6 Å². The Morgan fingerprint density at radius 2 is 1.49 bits per heavy atom. The molecule has 15 heteroatoms. The van der Waals surface area contributed by atoms with Gasteiger partial charge in [-0.25, -0.2) is 0 Å². The molecule has 15 nitrogen and oxygen atoms in total. The third kappa shape index (κ3) is 5.99. The molecule has 43 heavy (non-hydrogen) atoms. The zero-order valence-corrected chi connectivity index (χ0v) is 22.9. The summed E-state index contributed by atoms with van der Waals surface area (Å²) < 4.78 is 32.9. The highest BCUT2D eigenvalue weighted by Gasteiger charge is 2.47. The molecule has 3 heterocycles. The minimum absolute atomic E-state index is 0.0517. The van der Waals surface area contributed by atoms with Gasteiger partial charge in [-0.15, -0.1) is 0 Å². The molecule has 2 aliphatic heterocycles. The van der Waals surface area contributed by atoms with Crippen molar-refractivity contribution in [1.29, 1.82) is 0 Å². The largest absolute Gasteiger partial charge is 0.507 e. The normalized spacial score (nSPS) is 32.9. The van der Waals surface area contributed by atoms with Crippen LogP contribution in [0.4, 0.5) is 0 Å². The summed E-state index contributed by atoms with van der Waals surface area (Å²) in [6.07, 6.45) is -15.0. The fraction of sp³-hybridized carbons (Fsp3) is 0.464. The molecule has 2 saturated heterocycles. The number of phenols is 2. The molecule has 8 N–H and O–H groups in total. The standard InChI is InChI=1S/C28H32O15/c1-10-21(32)23(34)25(36)27(40-10)39-9-19-22(33)24(35)26(37)28(43-19)41-12-6-14(30)20-15(31)8-17(42-18(20)7-12)11-3-4-16(38-2)13(29)5-11/h3-8,10,19,21-30,32-37H,9H2,1-2H3/t10-,19-,21-,22-,23+,24+,25+,26-,27+,28-/m1/s1. The molecule has 0 unspecified atom stereocenters. The summed E-state index contributed by atoms with van der Waals surface area (Å²) in [6, 6.07) is 7.78. The topological polar surface area (TPSA) is 238 Å². The van der Waals surface area contributed by atoms with Crippen LogP contribution in [0, 0.1) is 0 Å². The number of aromatic hydroxyl groups is 2. The molecule has 2 fully saturated rings. The maximum absolute atomic E-state index is 12.8. The zero-order chi connectivity index (χ0) is 31.2. The van der Waals surface area contributed by atoms with E-state index in [0.717, 1.165) is 12.1 Å². The minimum atomic E-state index is -1.78. The third-order valence-corrected chi connectivity index (χ3v) is 7.40. The molecule has 0 bridgehead atoms. The van der Waals surface area contributed by atoms with Gasteiger partial charge in [-0.05, 0) is 25.1 Å². The van der Waals surface area contributed by atoms with E-state index in [4.69, 9.17) is 28.1 Å². The van der Waals surface area contributed by atoms with E-state index >= 15 is 0 Å². The predicted molar refractivity (Wildman–Crippen MR) is 143 cm³/mol. The van der Waals surface area contributed by atoms with Crippen molar-refractivity contribution in [3.63, 3.8) is 0 Å². The van der Waals surface area contributed by atoms with Gasteiger partial charge in [0.1, 0.15) is 71.0 Å². The van der Waals surface area contributed by atoms with Gasteiger partial charge in [-0.2, -0.15) is 0 Å². The van der Waals surface area contributed by atoms with Crippen LogP contribution < -0.4 is 14.9 Å². The molecule has 2 aromatic carbocycles. The molecule has 3 aromatic rings. The zero-order valence-electron chi connectivity index (χ0n) is 22.9. The molecule has 0 aliphatic carbocycles. The number of hydrogen-bond donors (Lipinski definition) is 8. The van der Waals surface area contributed by atoms with Crippen LogP contribution in [0.3, 0.4) is 0 Å². The van der Waals surface area contributed by atoms with Crippen LogP contribution in [0.5, 0.6) is 23.0 Å². The summed E-state index contributed by atoms with van der Waals surface area (Å²) in [4.78, 5) is 12.8. The van der Waals surface area contributed by atoms with Gasteiger partial charge in [0, 0.05) is 23.8 Å². The second kappa shape index (κ2) is 12.2. The number of ether oxygens (including phenoxy) is 5. The Morgan fingerprint density at radius 3 is 2.19 bits per heavy atom. The SMILES string of the molecule is COc1ccc(-c2cc(=O)c3c(O)cc(O[C@@H]4O[C@H](CO[C@H]5O[C@H](C)[C@@H](O)[C@H](O)[C@@H]5O)[C@@H](O)[C@H](O)[C@H]4O)cc3o2)cc1O. The van der Waals surface area contributed by atoms with E-state index in [1.165, 1.54) is 32.2 Å². The lowest BCUT2D eigenvalue weighted by molar-refractivity contribution is -0.318. The van der Waals surface area contributed by atoms with Gasteiger partial charge in [-0.3, -0.25) is 4.79 Å². The summed E-state index contributed by atoms with van der Waals surface area (Å²) in [5, 5.41) is 82.0. The first kappa shape index (κ1) is 30.9. The average Bonchev–Trinajstić information content (AvgIpc) is 2.97. The first-order chi connectivity index (χ1) is 20.4. The van der Waals surface area contributed by atoms with E-state index in [-0.39, 0.29) is 34.0 Å². The Bertz CT molecular complexity index is 1510. The lowest BCUT2D eigenvalue weighted by atomic mass is 9.98. The number of rotatable bonds is 7. The van der Waals surface area contributed by atoms with Crippen molar-refractivity contribution in [3.05, 3.63) is 46.6 Å². The predicted octanol–water partition coefficient (Wildman–Crippen LogP) is -1.09. The highest BCUT2D eigenvalue weighted by Crippen LogP contribution is 2.35. The Kier molecular flexibility index (Phi) is 8.80.